The van der Waals surface area contributed by atoms with E-state index in [-0.39, 0.29) is 0 Å². The standard InChI is InChI=1S/C19H17N5OS/c1-13-10-14(2)24-18(21-13)22-19(23-24)26-12-15-6-3-4-8-17(15)25-16-7-5-9-20-11-16/h3-11H,12H2,1-2H3. The van der Waals surface area contributed by atoms with Crippen LogP contribution in [0.4, 0.5) is 0 Å². The first-order valence-electron chi connectivity index (χ1n) is 8.18. The number of aromatic nitrogens is 5. The number of pyridine rings is 1. The molecule has 0 radical (unpaired) electrons. The van der Waals surface area contributed by atoms with E-state index in [9.17, 15) is 0 Å². The van der Waals surface area contributed by atoms with Crippen molar-refractivity contribution in [3.8, 4) is 11.5 Å². The van der Waals surface area contributed by atoms with E-state index in [1.54, 1.807) is 28.7 Å². The SMILES string of the molecule is Cc1cc(C)n2nc(SCc3ccccc3Oc3cccnc3)nc2n1. The molecule has 3 heterocycles. The van der Waals surface area contributed by atoms with Crippen molar-refractivity contribution in [2.75, 3.05) is 0 Å². The molecule has 0 aliphatic carbocycles. The maximum atomic E-state index is 5.96. The second-order valence-corrected chi connectivity index (χ2v) is 6.77. The summed E-state index contributed by atoms with van der Waals surface area (Å²) in [6, 6.07) is 13.7. The van der Waals surface area contributed by atoms with Gasteiger partial charge in [-0.25, -0.2) is 9.50 Å². The Balaban J connectivity index is 1.54. The molecule has 3 aromatic heterocycles. The van der Waals surface area contributed by atoms with Crippen LogP contribution in [0.3, 0.4) is 0 Å². The lowest BCUT2D eigenvalue weighted by atomic mass is 10.2. The highest BCUT2D eigenvalue weighted by Gasteiger charge is 2.11. The van der Waals surface area contributed by atoms with Crippen LogP contribution in [0.1, 0.15) is 17.0 Å². The van der Waals surface area contributed by atoms with Gasteiger partial charge in [-0.15, -0.1) is 5.10 Å². The fraction of sp³-hybridized carbons (Fsp3) is 0.158. The molecule has 4 aromatic rings. The molecular formula is C19H17N5OS. The largest absolute Gasteiger partial charge is 0.455 e. The quantitative estimate of drug-likeness (QED) is 0.495. The zero-order valence-corrected chi connectivity index (χ0v) is 15.3. The highest BCUT2D eigenvalue weighted by molar-refractivity contribution is 7.98. The molecule has 0 fully saturated rings. The summed E-state index contributed by atoms with van der Waals surface area (Å²) in [5, 5.41) is 5.23. The maximum Gasteiger partial charge on any atom is 0.253 e. The molecule has 4 rings (SSSR count). The van der Waals surface area contributed by atoms with Crippen LogP contribution in [0, 0.1) is 13.8 Å². The number of thioether (sulfide) groups is 1. The number of rotatable bonds is 5. The zero-order valence-electron chi connectivity index (χ0n) is 14.5. The van der Waals surface area contributed by atoms with E-state index in [2.05, 4.69) is 20.1 Å². The maximum absolute atomic E-state index is 5.96. The van der Waals surface area contributed by atoms with Gasteiger partial charge in [-0.2, -0.15) is 4.98 Å². The molecule has 130 valence electrons. The van der Waals surface area contributed by atoms with Gasteiger partial charge in [-0.3, -0.25) is 4.98 Å². The number of ether oxygens (including phenoxy) is 1. The van der Waals surface area contributed by atoms with Gasteiger partial charge in [0.2, 0.25) is 5.16 Å². The molecule has 26 heavy (non-hydrogen) atoms. The topological polar surface area (TPSA) is 65.2 Å². The van der Waals surface area contributed by atoms with Crippen molar-refractivity contribution in [1.29, 1.82) is 0 Å². The Morgan fingerprint density at radius 1 is 1.08 bits per heavy atom. The number of aryl methyl sites for hydroxylation is 2. The van der Waals surface area contributed by atoms with Gasteiger partial charge < -0.3 is 4.74 Å². The first kappa shape index (κ1) is 16.5. The van der Waals surface area contributed by atoms with Crippen molar-refractivity contribution in [1.82, 2.24) is 24.6 Å². The molecule has 0 unspecified atom stereocenters. The first-order chi connectivity index (χ1) is 12.7. The lowest BCUT2D eigenvalue weighted by Crippen LogP contribution is -1.97. The predicted octanol–water partition coefficient (Wildman–Crippen LogP) is 4.22. The summed E-state index contributed by atoms with van der Waals surface area (Å²) in [6.45, 7) is 3.96. The number of para-hydroxylation sites is 1. The van der Waals surface area contributed by atoms with Crippen LogP contribution in [0.2, 0.25) is 0 Å². The normalized spacial score (nSPS) is 11.0. The smallest absolute Gasteiger partial charge is 0.253 e. The van der Waals surface area contributed by atoms with Gasteiger partial charge in [0.25, 0.3) is 5.78 Å². The summed E-state index contributed by atoms with van der Waals surface area (Å²) in [6.07, 6.45) is 3.42. The van der Waals surface area contributed by atoms with Crippen LogP contribution in [0.5, 0.6) is 11.5 Å². The van der Waals surface area contributed by atoms with Gasteiger partial charge in [0.05, 0.1) is 6.20 Å². The van der Waals surface area contributed by atoms with Gasteiger partial charge in [0.15, 0.2) is 0 Å². The molecule has 0 N–H and O–H groups in total. The van der Waals surface area contributed by atoms with E-state index in [0.717, 1.165) is 22.7 Å². The Bertz CT molecular complexity index is 1050. The molecule has 1 aromatic carbocycles. The second-order valence-electron chi connectivity index (χ2n) is 5.83. The van der Waals surface area contributed by atoms with Crippen molar-refractivity contribution < 1.29 is 4.74 Å². The van der Waals surface area contributed by atoms with E-state index in [4.69, 9.17) is 4.74 Å². The van der Waals surface area contributed by atoms with Gasteiger partial charge in [0, 0.05) is 28.9 Å². The fourth-order valence-corrected chi connectivity index (χ4v) is 3.42. The summed E-state index contributed by atoms with van der Waals surface area (Å²) < 4.78 is 7.73. The molecule has 0 bridgehead atoms. The molecule has 7 heteroatoms. The van der Waals surface area contributed by atoms with E-state index >= 15 is 0 Å². The van der Waals surface area contributed by atoms with Crippen LogP contribution in [0.15, 0.2) is 60.0 Å². The predicted molar refractivity (Wildman–Crippen MR) is 101 cm³/mol. The summed E-state index contributed by atoms with van der Waals surface area (Å²) in [5.41, 5.74) is 3.03. The van der Waals surface area contributed by atoms with Crippen molar-refractivity contribution in [3.63, 3.8) is 0 Å². The van der Waals surface area contributed by atoms with Gasteiger partial charge in [-0.05, 0) is 38.1 Å². The minimum absolute atomic E-state index is 0.630. The monoisotopic (exact) mass is 363 g/mol. The summed E-state index contributed by atoms with van der Waals surface area (Å²) in [7, 11) is 0. The molecule has 0 aliphatic heterocycles. The van der Waals surface area contributed by atoms with E-state index in [0.29, 0.717) is 22.4 Å². The van der Waals surface area contributed by atoms with E-state index in [1.807, 2.05) is 56.3 Å². The van der Waals surface area contributed by atoms with Crippen molar-refractivity contribution in [3.05, 3.63) is 71.8 Å². The second kappa shape index (κ2) is 7.13. The fourth-order valence-electron chi connectivity index (χ4n) is 2.61. The average molecular weight is 363 g/mol. The Hall–Kier alpha value is -2.93. The third kappa shape index (κ3) is 3.52. The van der Waals surface area contributed by atoms with Crippen LogP contribution in [-0.2, 0) is 5.75 Å². The Morgan fingerprint density at radius 3 is 2.81 bits per heavy atom. The highest BCUT2D eigenvalue weighted by atomic mass is 32.2. The molecule has 0 amide bonds. The number of fused-ring (bicyclic) bond motifs is 1. The third-order valence-electron chi connectivity index (χ3n) is 3.79. The summed E-state index contributed by atoms with van der Waals surface area (Å²) in [4.78, 5) is 13.0. The molecule has 0 aliphatic rings. The van der Waals surface area contributed by atoms with E-state index in [1.165, 1.54) is 0 Å². The minimum Gasteiger partial charge on any atom is -0.455 e. The number of benzene rings is 1. The van der Waals surface area contributed by atoms with Gasteiger partial charge >= 0.3 is 0 Å². The van der Waals surface area contributed by atoms with Crippen LogP contribution in [-0.4, -0.2) is 24.6 Å². The first-order valence-corrected chi connectivity index (χ1v) is 9.17. The van der Waals surface area contributed by atoms with E-state index < -0.39 is 0 Å². The van der Waals surface area contributed by atoms with Crippen molar-refractivity contribution in [2.24, 2.45) is 0 Å². The summed E-state index contributed by atoms with van der Waals surface area (Å²) >= 11 is 1.56. The Morgan fingerprint density at radius 2 is 1.96 bits per heavy atom. The van der Waals surface area contributed by atoms with Crippen LogP contribution in [0.25, 0.3) is 5.78 Å². The number of hydrogen-bond donors (Lipinski definition) is 0. The van der Waals surface area contributed by atoms with Crippen LogP contribution < -0.4 is 4.74 Å². The molecule has 0 saturated carbocycles. The summed E-state index contributed by atoms with van der Waals surface area (Å²) in [5.74, 6) is 2.85. The van der Waals surface area contributed by atoms with Gasteiger partial charge in [0.1, 0.15) is 11.5 Å². The lowest BCUT2D eigenvalue weighted by molar-refractivity contribution is 0.476. The Labute approximate surface area is 155 Å². The molecule has 0 atom stereocenters. The molecule has 0 saturated heterocycles. The van der Waals surface area contributed by atoms with Crippen LogP contribution >= 0.6 is 11.8 Å². The molecule has 6 nitrogen and oxygen atoms in total. The highest BCUT2D eigenvalue weighted by Crippen LogP contribution is 2.29. The number of nitrogens with zero attached hydrogens (tertiary/aromatic N) is 5. The minimum atomic E-state index is 0.630. The zero-order chi connectivity index (χ0) is 17.9. The number of hydrogen-bond acceptors (Lipinski definition) is 6. The third-order valence-corrected chi connectivity index (χ3v) is 4.68. The van der Waals surface area contributed by atoms with Crippen molar-refractivity contribution in [2.45, 2.75) is 24.8 Å². The lowest BCUT2D eigenvalue weighted by Gasteiger charge is -2.09. The molecular weight excluding hydrogens is 346 g/mol. The molecule has 0 spiro atoms. The average Bonchev–Trinajstić information content (AvgIpc) is 3.05. The van der Waals surface area contributed by atoms with Crippen molar-refractivity contribution >= 4 is 17.5 Å². The van der Waals surface area contributed by atoms with Gasteiger partial charge in [-0.1, -0.05) is 30.0 Å². The Kier molecular flexibility index (Phi) is 4.53.